The van der Waals surface area contributed by atoms with Crippen LogP contribution in [0.2, 0.25) is 15.1 Å². The lowest BCUT2D eigenvalue weighted by atomic mass is 10.2. The molecule has 1 aliphatic heterocycles. The molecule has 1 aliphatic rings. The van der Waals surface area contributed by atoms with Crippen LogP contribution in [0.4, 0.5) is 11.4 Å². The molecule has 1 heterocycles. The number of nitrogens with zero attached hydrogens (tertiary/aromatic N) is 1. The minimum atomic E-state index is -0.764. The largest absolute Gasteiger partial charge is 0.479 e. The van der Waals surface area contributed by atoms with Gasteiger partial charge < -0.3 is 19.7 Å². The predicted octanol–water partition coefficient (Wildman–Crippen LogP) is 4.89. The van der Waals surface area contributed by atoms with Gasteiger partial charge in [0.25, 0.3) is 5.91 Å². The van der Waals surface area contributed by atoms with Crippen LogP contribution in [0.15, 0.2) is 36.4 Å². The Labute approximate surface area is 173 Å². The van der Waals surface area contributed by atoms with Crippen molar-refractivity contribution in [3.05, 3.63) is 51.5 Å². The summed E-state index contributed by atoms with van der Waals surface area (Å²) in [7, 11) is 0. The summed E-state index contributed by atoms with van der Waals surface area (Å²) in [5.41, 5.74) is 1.53. The van der Waals surface area contributed by atoms with E-state index in [4.69, 9.17) is 44.3 Å². The van der Waals surface area contributed by atoms with E-state index in [2.05, 4.69) is 10.2 Å². The SMILES string of the molecule is CC(Oc1ccc(Cl)cc1Cl)C(=O)Nc1cc(Cl)ccc1N1CCOCC1. The number of amides is 1. The molecular weight excluding hydrogens is 411 g/mol. The lowest BCUT2D eigenvalue weighted by molar-refractivity contribution is -0.122. The van der Waals surface area contributed by atoms with Gasteiger partial charge in [-0.3, -0.25) is 4.79 Å². The van der Waals surface area contributed by atoms with Crippen molar-refractivity contribution < 1.29 is 14.3 Å². The number of morpholine rings is 1. The maximum Gasteiger partial charge on any atom is 0.265 e. The Morgan fingerprint density at radius 1 is 1.11 bits per heavy atom. The minimum absolute atomic E-state index is 0.308. The summed E-state index contributed by atoms with van der Waals surface area (Å²) in [5.74, 6) is 0.0843. The molecule has 0 bridgehead atoms. The number of benzene rings is 2. The number of hydrogen-bond acceptors (Lipinski definition) is 4. The fraction of sp³-hybridized carbons (Fsp3) is 0.316. The van der Waals surface area contributed by atoms with Gasteiger partial charge in [0.2, 0.25) is 0 Å². The van der Waals surface area contributed by atoms with Crippen molar-refractivity contribution in [1.82, 2.24) is 0 Å². The fourth-order valence-electron chi connectivity index (χ4n) is 2.74. The summed E-state index contributed by atoms with van der Waals surface area (Å²) in [6, 6.07) is 10.3. The molecule has 0 aliphatic carbocycles. The molecule has 0 aromatic heterocycles. The molecule has 0 spiro atoms. The zero-order chi connectivity index (χ0) is 19.4. The van der Waals surface area contributed by atoms with E-state index in [-0.39, 0.29) is 5.91 Å². The van der Waals surface area contributed by atoms with E-state index in [1.165, 1.54) is 0 Å². The molecule has 27 heavy (non-hydrogen) atoms. The average molecular weight is 430 g/mol. The lowest BCUT2D eigenvalue weighted by Gasteiger charge is -2.30. The van der Waals surface area contributed by atoms with Gasteiger partial charge >= 0.3 is 0 Å². The van der Waals surface area contributed by atoms with E-state index < -0.39 is 6.10 Å². The Kier molecular flexibility index (Phi) is 6.71. The Morgan fingerprint density at radius 3 is 2.48 bits per heavy atom. The van der Waals surface area contributed by atoms with E-state index in [9.17, 15) is 4.79 Å². The van der Waals surface area contributed by atoms with Gasteiger partial charge in [-0.15, -0.1) is 0 Å². The third kappa shape index (κ3) is 5.20. The second-order valence-electron chi connectivity index (χ2n) is 6.08. The zero-order valence-corrected chi connectivity index (χ0v) is 16.9. The summed E-state index contributed by atoms with van der Waals surface area (Å²) in [6.45, 7) is 4.43. The Balaban J connectivity index is 1.73. The number of carbonyl (C=O) groups excluding carboxylic acids is 1. The smallest absolute Gasteiger partial charge is 0.265 e. The van der Waals surface area contributed by atoms with Gasteiger partial charge in [-0.2, -0.15) is 0 Å². The third-order valence-electron chi connectivity index (χ3n) is 4.14. The maximum absolute atomic E-state index is 12.6. The molecule has 5 nitrogen and oxygen atoms in total. The summed E-state index contributed by atoms with van der Waals surface area (Å²) >= 11 is 18.1. The number of rotatable bonds is 5. The quantitative estimate of drug-likeness (QED) is 0.735. The Morgan fingerprint density at radius 2 is 1.78 bits per heavy atom. The minimum Gasteiger partial charge on any atom is -0.479 e. The van der Waals surface area contributed by atoms with Crippen molar-refractivity contribution in [2.75, 3.05) is 36.5 Å². The first-order valence-corrected chi connectivity index (χ1v) is 9.62. The normalized spacial score (nSPS) is 15.3. The highest BCUT2D eigenvalue weighted by atomic mass is 35.5. The molecule has 144 valence electrons. The lowest BCUT2D eigenvalue weighted by Crippen LogP contribution is -2.37. The van der Waals surface area contributed by atoms with Crippen LogP contribution in [-0.2, 0) is 9.53 Å². The number of anilines is 2. The second kappa shape index (κ2) is 9.02. The van der Waals surface area contributed by atoms with Gasteiger partial charge in [0.05, 0.1) is 29.6 Å². The van der Waals surface area contributed by atoms with Crippen molar-refractivity contribution >= 4 is 52.1 Å². The van der Waals surface area contributed by atoms with Gasteiger partial charge in [-0.1, -0.05) is 34.8 Å². The van der Waals surface area contributed by atoms with Gasteiger partial charge in [0.1, 0.15) is 5.75 Å². The number of carbonyl (C=O) groups is 1. The second-order valence-corrected chi connectivity index (χ2v) is 7.37. The van der Waals surface area contributed by atoms with E-state index >= 15 is 0 Å². The molecule has 0 radical (unpaired) electrons. The third-order valence-corrected chi connectivity index (χ3v) is 4.90. The summed E-state index contributed by atoms with van der Waals surface area (Å²) in [5, 5.41) is 4.28. The van der Waals surface area contributed by atoms with Crippen molar-refractivity contribution in [2.45, 2.75) is 13.0 Å². The van der Waals surface area contributed by atoms with Gasteiger partial charge in [0, 0.05) is 23.1 Å². The van der Waals surface area contributed by atoms with Crippen molar-refractivity contribution in [2.24, 2.45) is 0 Å². The topological polar surface area (TPSA) is 50.8 Å². The zero-order valence-electron chi connectivity index (χ0n) is 14.7. The van der Waals surface area contributed by atoms with Crippen LogP contribution in [0.1, 0.15) is 6.92 Å². The van der Waals surface area contributed by atoms with Crippen LogP contribution in [0, 0.1) is 0 Å². The van der Waals surface area contributed by atoms with Gasteiger partial charge in [-0.25, -0.2) is 0 Å². The maximum atomic E-state index is 12.6. The highest BCUT2D eigenvalue weighted by Crippen LogP contribution is 2.31. The van der Waals surface area contributed by atoms with Crippen molar-refractivity contribution in [3.63, 3.8) is 0 Å². The Bertz CT molecular complexity index is 826. The van der Waals surface area contributed by atoms with Crippen LogP contribution in [0.5, 0.6) is 5.75 Å². The molecule has 1 atom stereocenters. The fourth-order valence-corrected chi connectivity index (χ4v) is 3.36. The average Bonchev–Trinajstić information content (AvgIpc) is 2.65. The first-order valence-electron chi connectivity index (χ1n) is 8.49. The van der Waals surface area contributed by atoms with Gasteiger partial charge in [0.15, 0.2) is 6.10 Å². The standard InChI is InChI=1S/C19H19Cl3N2O3/c1-12(27-18-5-3-13(20)10-15(18)22)19(25)23-16-11-14(21)2-4-17(16)24-6-8-26-9-7-24/h2-5,10-12H,6-9H2,1H3,(H,23,25). The van der Waals surface area contributed by atoms with Crippen LogP contribution in [0.25, 0.3) is 0 Å². The monoisotopic (exact) mass is 428 g/mol. The number of nitrogens with one attached hydrogen (secondary N) is 1. The molecule has 1 N–H and O–H groups in total. The summed E-state index contributed by atoms with van der Waals surface area (Å²) < 4.78 is 11.1. The molecule has 0 saturated carbocycles. The molecular formula is C19H19Cl3N2O3. The number of hydrogen-bond donors (Lipinski definition) is 1. The van der Waals surface area contributed by atoms with Crippen LogP contribution >= 0.6 is 34.8 Å². The summed E-state index contributed by atoms with van der Waals surface area (Å²) in [6.07, 6.45) is -0.764. The highest BCUT2D eigenvalue weighted by molar-refractivity contribution is 6.35. The first kappa shape index (κ1) is 20.1. The Hall–Kier alpha value is -1.66. The number of halogens is 3. The highest BCUT2D eigenvalue weighted by Gasteiger charge is 2.20. The molecule has 1 fully saturated rings. The molecule has 2 aromatic rings. The van der Waals surface area contributed by atoms with Crippen LogP contribution in [0.3, 0.4) is 0 Å². The first-order chi connectivity index (χ1) is 12.9. The molecule has 1 saturated heterocycles. The van der Waals surface area contributed by atoms with E-state index in [1.54, 1.807) is 37.3 Å². The van der Waals surface area contributed by atoms with Crippen LogP contribution in [-0.4, -0.2) is 38.3 Å². The molecule has 3 rings (SSSR count). The number of ether oxygens (including phenoxy) is 2. The van der Waals surface area contributed by atoms with Gasteiger partial charge in [-0.05, 0) is 43.3 Å². The summed E-state index contributed by atoms with van der Waals surface area (Å²) in [4.78, 5) is 14.8. The predicted molar refractivity (Wildman–Crippen MR) is 110 cm³/mol. The van der Waals surface area contributed by atoms with E-state index in [0.29, 0.717) is 39.7 Å². The van der Waals surface area contributed by atoms with Crippen LogP contribution < -0.4 is 15.0 Å². The molecule has 8 heteroatoms. The van der Waals surface area contributed by atoms with E-state index in [0.717, 1.165) is 18.8 Å². The van der Waals surface area contributed by atoms with E-state index in [1.807, 2.05) is 6.07 Å². The van der Waals surface area contributed by atoms with Crippen molar-refractivity contribution in [3.8, 4) is 5.75 Å². The van der Waals surface area contributed by atoms with Crippen molar-refractivity contribution in [1.29, 1.82) is 0 Å². The molecule has 1 unspecified atom stereocenters. The molecule has 1 amide bonds. The molecule has 2 aromatic carbocycles.